The number of hydrogen-bond acceptors (Lipinski definition) is 2. The fraction of sp³-hybridized carbons (Fsp3) is 0.412. The number of aliphatic imine (C=N–C) groups is 1. The highest BCUT2D eigenvalue weighted by molar-refractivity contribution is 5.71. The van der Waals surface area contributed by atoms with Gasteiger partial charge in [-0.15, -0.1) is 0 Å². The third kappa shape index (κ3) is 7.30. The molecule has 4 heteroatoms. The number of anilines is 1. The number of hydrogen-bond donors (Lipinski definition) is 2. The summed E-state index contributed by atoms with van der Waals surface area (Å²) in [6, 6.07) is 6.09. The molecule has 1 aromatic carbocycles. The normalized spacial score (nSPS) is 11.1. The van der Waals surface area contributed by atoms with E-state index in [4.69, 9.17) is 0 Å². The highest BCUT2D eigenvalue weighted by Crippen LogP contribution is 2.17. The Labute approximate surface area is 127 Å². The Bertz CT molecular complexity index is 481. The van der Waals surface area contributed by atoms with Crippen LogP contribution in [0.2, 0.25) is 0 Å². The van der Waals surface area contributed by atoms with Crippen molar-refractivity contribution >= 4 is 18.4 Å². The maximum Gasteiger partial charge on any atom is 0.211 e. The molecule has 0 aromatic heterocycles. The number of carbonyl (C=O) groups is 1. The Hall–Kier alpha value is -2.10. The average molecular weight is 287 g/mol. The van der Waals surface area contributed by atoms with Crippen molar-refractivity contribution in [2.45, 2.75) is 39.0 Å². The van der Waals surface area contributed by atoms with E-state index in [1.807, 2.05) is 18.3 Å². The van der Waals surface area contributed by atoms with Crippen molar-refractivity contribution in [1.29, 1.82) is 0 Å². The van der Waals surface area contributed by atoms with Gasteiger partial charge in [-0.05, 0) is 62.1 Å². The van der Waals surface area contributed by atoms with Gasteiger partial charge in [0.1, 0.15) is 0 Å². The fourth-order valence-corrected chi connectivity index (χ4v) is 2.16. The zero-order valence-electron chi connectivity index (χ0n) is 12.9. The minimum absolute atomic E-state index is 0.711. The second kappa shape index (κ2) is 10.7. The standard InChI is InChI=1S/C17H25N3O/c1-15-12-17(20-14-21)10-9-16(15)8-6-4-3-5-7-11-19-13-18-2/h7,9-14H,3-6,8H2,1-2H3,(H,18,19)(H,20,21)/b11-7+. The van der Waals surface area contributed by atoms with Gasteiger partial charge < -0.3 is 10.6 Å². The van der Waals surface area contributed by atoms with Crippen LogP contribution in [0.4, 0.5) is 5.69 Å². The number of carbonyl (C=O) groups excluding carboxylic acids is 1. The van der Waals surface area contributed by atoms with Crippen LogP contribution >= 0.6 is 0 Å². The first-order valence-electron chi connectivity index (χ1n) is 7.39. The predicted molar refractivity (Wildman–Crippen MR) is 89.7 cm³/mol. The zero-order valence-corrected chi connectivity index (χ0v) is 12.9. The number of unbranched alkanes of at least 4 members (excludes halogenated alkanes) is 3. The van der Waals surface area contributed by atoms with Gasteiger partial charge in [0.2, 0.25) is 6.41 Å². The molecule has 0 aliphatic rings. The molecule has 0 bridgehead atoms. The second-order valence-corrected chi connectivity index (χ2v) is 4.96. The van der Waals surface area contributed by atoms with Gasteiger partial charge in [-0.2, -0.15) is 0 Å². The van der Waals surface area contributed by atoms with Gasteiger partial charge in [-0.25, -0.2) is 0 Å². The SMILES string of the molecule is CN=CN/C=C/CCCCCc1ccc(NC=O)cc1C. The lowest BCUT2D eigenvalue weighted by Gasteiger charge is -2.07. The van der Waals surface area contributed by atoms with E-state index < -0.39 is 0 Å². The van der Waals surface area contributed by atoms with Gasteiger partial charge in [-0.1, -0.05) is 18.6 Å². The number of nitrogens with one attached hydrogen (secondary N) is 2. The maximum atomic E-state index is 10.4. The van der Waals surface area contributed by atoms with E-state index in [1.165, 1.54) is 30.4 Å². The second-order valence-electron chi connectivity index (χ2n) is 4.96. The van der Waals surface area contributed by atoms with Crippen molar-refractivity contribution in [3.8, 4) is 0 Å². The van der Waals surface area contributed by atoms with Crippen LogP contribution in [-0.4, -0.2) is 19.8 Å². The zero-order chi connectivity index (χ0) is 15.3. The molecule has 2 N–H and O–H groups in total. The van der Waals surface area contributed by atoms with Crippen LogP contribution in [-0.2, 0) is 11.2 Å². The highest BCUT2D eigenvalue weighted by Gasteiger charge is 2.00. The smallest absolute Gasteiger partial charge is 0.211 e. The number of aryl methyl sites for hydroxylation is 2. The number of allylic oxidation sites excluding steroid dienone is 1. The van der Waals surface area contributed by atoms with E-state index in [9.17, 15) is 4.79 Å². The molecule has 0 saturated heterocycles. The molecular weight excluding hydrogens is 262 g/mol. The van der Waals surface area contributed by atoms with Crippen molar-refractivity contribution in [2.24, 2.45) is 4.99 Å². The molecular formula is C17H25N3O. The van der Waals surface area contributed by atoms with Gasteiger partial charge in [-0.3, -0.25) is 9.79 Å². The van der Waals surface area contributed by atoms with Gasteiger partial charge in [0.25, 0.3) is 0 Å². The van der Waals surface area contributed by atoms with Crippen LogP contribution in [0.15, 0.2) is 35.5 Å². The van der Waals surface area contributed by atoms with E-state index >= 15 is 0 Å². The quantitative estimate of drug-likeness (QED) is 0.300. The fourth-order valence-electron chi connectivity index (χ4n) is 2.16. The number of rotatable bonds is 10. The molecule has 4 nitrogen and oxygen atoms in total. The monoisotopic (exact) mass is 287 g/mol. The molecule has 0 heterocycles. The van der Waals surface area contributed by atoms with Gasteiger partial charge in [0, 0.05) is 12.7 Å². The van der Waals surface area contributed by atoms with Crippen molar-refractivity contribution in [1.82, 2.24) is 5.32 Å². The first-order chi connectivity index (χ1) is 10.3. The lowest BCUT2D eigenvalue weighted by Crippen LogP contribution is -1.99. The Morgan fingerprint density at radius 2 is 2.10 bits per heavy atom. The molecule has 0 atom stereocenters. The first kappa shape index (κ1) is 17.0. The third-order valence-corrected chi connectivity index (χ3v) is 3.30. The predicted octanol–water partition coefficient (Wildman–Crippen LogP) is 3.43. The molecule has 114 valence electrons. The van der Waals surface area contributed by atoms with Gasteiger partial charge in [0.05, 0.1) is 6.34 Å². The van der Waals surface area contributed by atoms with E-state index in [-0.39, 0.29) is 0 Å². The summed E-state index contributed by atoms with van der Waals surface area (Å²) in [4.78, 5) is 14.2. The summed E-state index contributed by atoms with van der Waals surface area (Å²) in [5.41, 5.74) is 3.46. The molecule has 0 fully saturated rings. The van der Waals surface area contributed by atoms with E-state index in [0.717, 1.165) is 18.5 Å². The Balaban J connectivity index is 2.20. The Kier molecular flexibility index (Phi) is 8.61. The van der Waals surface area contributed by atoms with Crippen LogP contribution in [0, 0.1) is 6.92 Å². The molecule has 1 aromatic rings. The van der Waals surface area contributed by atoms with Gasteiger partial charge in [0.15, 0.2) is 0 Å². The number of nitrogens with zero attached hydrogens (tertiary/aromatic N) is 1. The van der Waals surface area contributed by atoms with Crippen LogP contribution in [0.1, 0.15) is 36.8 Å². The number of benzene rings is 1. The highest BCUT2D eigenvalue weighted by atomic mass is 16.1. The summed E-state index contributed by atoms with van der Waals surface area (Å²) in [6.07, 6.45) is 12.2. The lowest BCUT2D eigenvalue weighted by atomic mass is 10.0. The molecule has 0 saturated carbocycles. The van der Waals surface area contributed by atoms with Crippen molar-refractivity contribution in [3.63, 3.8) is 0 Å². The molecule has 21 heavy (non-hydrogen) atoms. The summed E-state index contributed by atoms with van der Waals surface area (Å²) in [6.45, 7) is 2.09. The third-order valence-electron chi connectivity index (χ3n) is 3.30. The lowest BCUT2D eigenvalue weighted by molar-refractivity contribution is -0.105. The van der Waals surface area contributed by atoms with Crippen LogP contribution in [0.25, 0.3) is 0 Å². The summed E-state index contributed by atoms with van der Waals surface area (Å²) >= 11 is 0. The molecule has 1 rings (SSSR count). The summed E-state index contributed by atoms with van der Waals surface area (Å²) in [7, 11) is 1.74. The minimum Gasteiger partial charge on any atom is -0.353 e. The Morgan fingerprint density at radius 1 is 1.24 bits per heavy atom. The van der Waals surface area contributed by atoms with E-state index in [0.29, 0.717) is 6.41 Å². The first-order valence-corrected chi connectivity index (χ1v) is 7.39. The minimum atomic E-state index is 0.711. The van der Waals surface area contributed by atoms with Crippen LogP contribution < -0.4 is 10.6 Å². The van der Waals surface area contributed by atoms with Crippen LogP contribution in [0.3, 0.4) is 0 Å². The molecule has 0 spiro atoms. The average Bonchev–Trinajstić information content (AvgIpc) is 2.48. The summed E-state index contributed by atoms with van der Waals surface area (Å²) < 4.78 is 0. The summed E-state index contributed by atoms with van der Waals surface area (Å²) in [5.74, 6) is 0. The van der Waals surface area contributed by atoms with E-state index in [1.54, 1.807) is 13.4 Å². The molecule has 0 aliphatic heterocycles. The Morgan fingerprint density at radius 3 is 2.81 bits per heavy atom. The van der Waals surface area contributed by atoms with E-state index in [2.05, 4.69) is 34.7 Å². The van der Waals surface area contributed by atoms with Crippen LogP contribution in [0.5, 0.6) is 0 Å². The molecule has 1 amide bonds. The molecule has 0 aliphatic carbocycles. The topological polar surface area (TPSA) is 53.5 Å². The largest absolute Gasteiger partial charge is 0.353 e. The maximum absolute atomic E-state index is 10.4. The van der Waals surface area contributed by atoms with Gasteiger partial charge >= 0.3 is 0 Å². The number of amides is 1. The van der Waals surface area contributed by atoms with Crippen molar-refractivity contribution < 1.29 is 4.79 Å². The molecule has 0 radical (unpaired) electrons. The van der Waals surface area contributed by atoms with Crippen molar-refractivity contribution in [3.05, 3.63) is 41.6 Å². The molecule has 0 unspecified atom stereocenters. The van der Waals surface area contributed by atoms with Crippen molar-refractivity contribution in [2.75, 3.05) is 12.4 Å². The summed E-state index contributed by atoms with van der Waals surface area (Å²) in [5, 5.41) is 5.65.